The zero-order chi connectivity index (χ0) is 12.3. The lowest BCUT2D eigenvalue weighted by Crippen LogP contribution is -2.49. The minimum atomic E-state index is -0.461. The van der Waals surface area contributed by atoms with Crippen LogP contribution in [0.1, 0.15) is 34.1 Å². The zero-order valence-electron chi connectivity index (χ0n) is 10.7. The normalized spacial score (nSPS) is 14.9. The average molecular weight is 218 g/mol. The average Bonchev–Trinajstić information content (AvgIpc) is 1.97. The predicted octanol–water partition coefficient (Wildman–Crippen LogP) is 1.77. The number of carbonyl (C=O) groups is 1. The molecule has 0 aliphatic heterocycles. The Morgan fingerprint density at radius 3 is 2.20 bits per heavy atom. The smallest absolute Gasteiger partial charge is 0.414 e. The number of ether oxygens (including phenoxy) is 1. The van der Waals surface area contributed by atoms with Crippen LogP contribution in [0.5, 0.6) is 0 Å². The predicted molar refractivity (Wildman–Crippen MR) is 59.5 cm³/mol. The maximum absolute atomic E-state index is 11.8. The fourth-order valence-corrected chi connectivity index (χ4v) is 0.986. The van der Waals surface area contributed by atoms with Gasteiger partial charge in [0.2, 0.25) is 0 Å². The summed E-state index contributed by atoms with van der Waals surface area (Å²) < 4.78 is 5.43. The summed E-state index contributed by atoms with van der Waals surface area (Å²) in [6, 6.07) is 0. The number of aliphatic hydroxyl groups is 1. The van der Waals surface area contributed by atoms with Crippen molar-refractivity contribution in [1.82, 2.24) is 0 Å². The van der Waals surface area contributed by atoms with Crippen LogP contribution in [0.4, 0.5) is 4.79 Å². The summed E-state index contributed by atoms with van der Waals surface area (Å²) in [6.07, 6.45) is -0.0559. The Morgan fingerprint density at radius 1 is 1.40 bits per heavy atom. The molecule has 1 N–H and O–H groups in total. The summed E-state index contributed by atoms with van der Waals surface area (Å²) in [7, 11) is 3.58. The standard InChI is InChI=1S/C11H24NO3/c1-9(13)7-8-12(5,6)10(14)15-11(2,3)4/h9,13H,7-8H2,1-6H3/q+1. The van der Waals surface area contributed by atoms with Gasteiger partial charge in [-0.3, -0.25) is 0 Å². The molecule has 4 heteroatoms. The van der Waals surface area contributed by atoms with Crippen LogP contribution in [0.3, 0.4) is 0 Å². The molecule has 0 aromatic heterocycles. The molecule has 1 amide bonds. The van der Waals surface area contributed by atoms with Gasteiger partial charge >= 0.3 is 6.09 Å². The van der Waals surface area contributed by atoms with Crippen molar-refractivity contribution in [2.24, 2.45) is 0 Å². The monoisotopic (exact) mass is 218 g/mol. The first-order chi connectivity index (χ1) is 6.54. The summed E-state index contributed by atoms with van der Waals surface area (Å²) in [6.45, 7) is 7.83. The van der Waals surface area contributed by atoms with Crippen molar-refractivity contribution in [3.8, 4) is 0 Å². The number of rotatable bonds is 3. The molecule has 90 valence electrons. The van der Waals surface area contributed by atoms with E-state index in [0.29, 0.717) is 13.0 Å². The van der Waals surface area contributed by atoms with Crippen LogP contribution < -0.4 is 0 Å². The lowest BCUT2D eigenvalue weighted by molar-refractivity contribution is -0.818. The Labute approximate surface area is 92.4 Å². The van der Waals surface area contributed by atoms with E-state index >= 15 is 0 Å². The van der Waals surface area contributed by atoms with Crippen molar-refractivity contribution >= 4 is 6.09 Å². The van der Waals surface area contributed by atoms with Gasteiger partial charge in [0.1, 0.15) is 5.60 Å². The molecule has 0 aromatic carbocycles. The number of hydrogen-bond donors (Lipinski definition) is 1. The quantitative estimate of drug-likeness (QED) is 0.734. The Bertz CT molecular complexity index is 216. The van der Waals surface area contributed by atoms with Gasteiger partial charge < -0.3 is 9.84 Å². The van der Waals surface area contributed by atoms with Crippen LogP contribution in [-0.2, 0) is 4.74 Å². The third kappa shape index (κ3) is 6.47. The number of carbonyl (C=O) groups excluding carboxylic acids is 1. The van der Waals surface area contributed by atoms with Crippen LogP contribution in [0.2, 0.25) is 0 Å². The minimum absolute atomic E-state index is 0.141. The van der Waals surface area contributed by atoms with Gasteiger partial charge in [-0.05, 0) is 27.7 Å². The highest BCUT2D eigenvalue weighted by molar-refractivity contribution is 5.59. The van der Waals surface area contributed by atoms with E-state index in [2.05, 4.69) is 0 Å². The second kappa shape index (κ2) is 4.94. The molecule has 0 bridgehead atoms. The van der Waals surface area contributed by atoms with E-state index in [1.165, 1.54) is 0 Å². The first-order valence-corrected chi connectivity index (χ1v) is 5.29. The Balaban J connectivity index is 4.26. The molecule has 0 radical (unpaired) electrons. The van der Waals surface area contributed by atoms with E-state index in [0.717, 1.165) is 0 Å². The van der Waals surface area contributed by atoms with Gasteiger partial charge in [0.25, 0.3) is 0 Å². The Kier molecular flexibility index (Phi) is 4.74. The number of hydrogen-bond acceptors (Lipinski definition) is 3. The summed E-state index contributed by atoms with van der Waals surface area (Å²) in [4.78, 5) is 11.8. The number of quaternary nitrogens is 1. The third-order valence-corrected chi connectivity index (χ3v) is 1.99. The highest BCUT2D eigenvalue weighted by Gasteiger charge is 2.32. The summed E-state index contributed by atoms with van der Waals surface area (Å²) in [5.74, 6) is 0. The maximum atomic E-state index is 11.8. The molecule has 0 fully saturated rings. The summed E-state index contributed by atoms with van der Waals surface area (Å²) in [5.41, 5.74) is -0.461. The molecule has 0 rings (SSSR count). The number of nitrogens with zero attached hydrogens (tertiary/aromatic N) is 1. The molecular formula is C11H24NO3+. The molecule has 0 aromatic rings. The lowest BCUT2D eigenvalue weighted by Gasteiger charge is -2.29. The Morgan fingerprint density at radius 2 is 1.87 bits per heavy atom. The second-order valence-corrected chi connectivity index (χ2v) is 5.53. The van der Waals surface area contributed by atoms with E-state index in [9.17, 15) is 4.79 Å². The van der Waals surface area contributed by atoms with Crippen molar-refractivity contribution in [2.75, 3.05) is 20.6 Å². The van der Waals surface area contributed by atoms with E-state index < -0.39 is 5.60 Å². The summed E-state index contributed by atoms with van der Waals surface area (Å²) in [5, 5.41) is 9.17. The fourth-order valence-electron chi connectivity index (χ4n) is 0.986. The van der Waals surface area contributed by atoms with Crippen LogP contribution in [0.15, 0.2) is 0 Å². The summed E-state index contributed by atoms with van der Waals surface area (Å²) >= 11 is 0. The SMILES string of the molecule is CC(O)CC[N+](C)(C)C(=O)OC(C)(C)C. The zero-order valence-corrected chi connectivity index (χ0v) is 10.7. The first-order valence-electron chi connectivity index (χ1n) is 5.29. The van der Waals surface area contributed by atoms with Crippen LogP contribution in [0.25, 0.3) is 0 Å². The van der Waals surface area contributed by atoms with Gasteiger partial charge in [-0.2, -0.15) is 4.79 Å². The van der Waals surface area contributed by atoms with Gasteiger partial charge in [0, 0.05) is 6.42 Å². The molecule has 0 heterocycles. The first kappa shape index (κ1) is 14.4. The topological polar surface area (TPSA) is 46.5 Å². The third-order valence-electron chi connectivity index (χ3n) is 1.99. The van der Waals surface area contributed by atoms with E-state index in [4.69, 9.17) is 9.84 Å². The van der Waals surface area contributed by atoms with Gasteiger partial charge in [-0.15, -0.1) is 0 Å². The molecule has 1 unspecified atom stereocenters. The van der Waals surface area contributed by atoms with Crippen molar-refractivity contribution in [1.29, 1.82) is 0 Å². The van der Waals surface area contributed by atoms with Gasteiger partial charge in [0.05, 0.1) is 26.7 Å². The molecule has 0 aliphatic carbocycles. The largest absolute Gasteiger partial charge is 0.516 e. The van der Waals surface area contributed by atoms with E-state index in [1.54, 1.807) is 21.0 Å². The number of aliphatic hydroxyl groups excluding tert-OH is 1. The van der Waals surface area contributed by atoms with Gasteiger partial charge in [0.15, 0.2) is 0 Å². The molecule has 1 atom stereocenters. The highest BCUT2D eigenvalue weighted by atomic mass is 16.6. The van der Waals surface area contributed by atoms with Crippen molar-refractivity contribution in [2.45, 2.75) is 45.8 Å². The van der Waals surface area contributed by atoms with Crippen molar-refractivity contribution < 1.29 is 19.1 Å². The highest BCUT2D eigenvalue weighted by Crippen LogP contribution is 2.13. The van der Waals surface area contributed by atoms with Gasteiger partial charge in [-0.1, -0.05) is 0 Å². The molecular weight excluding hydrogens is 194 g/mol. The van der Waals surface area contributed by atoms with E-state index in [-0.39, 0.29) is 16.7 Å². The second-order valence-electron chi connectivity index (χ2n) is 5.53. The lowest BCUT2D eigenvalue weighted by atomic mass is 10.2. The molecule has 0 aliphatic rings. The minimum Gasteiger partial charge on any atom is -0.414 e. The molecule has 15 heavy (non-hydrogen) atoms. The Hall–Kier alpha value is -0.610. The van der Waals surface area contributed by atoms with E-state index in [1.807, 2.05) is 20.8 Å². The fraction of sp³-hybridized carbons (Fsp3) is 0.909. The van der Waals surface area contributed by atoms with Crippen LogP contribution >= 0.6 is 0 Å². The van der Waals surface area contributed by atoms with Crippen molar-refractivity contribution in [3.05, 3.63) is 0 Å². The molecule has 0 saturated carbocycles. The van der Waals surface area contributed by atoms with Crippen LogP contribution in [-0.4, -0.2) is 48.0 Å². The molecule has 0 spiro atoms. The van der Waals surface area contributed by atoms with Gasteiger partial charge in [-0.25, -0.2) is 4.48 Å². The van der Waals surface area contributed by atoms with Crippen LogP contribution in [0, 0.1) is 0 Å². The molecule has 0 saturated heterocycles. The maximum Gasteiger partial charge on any atom is 0.516 e. The molecule has 4 nitrogen and oxygen atoms in total. The van der Waals surface area contributed by atoms with Crippen molar-refractivity contribution in [3.63, 3.8) is 0 Å². The number of amides is 1.